The normalized spacial score (nSPS) is 14.0. The molecule has 1 aliphatic heterocycles. The molecule has 1 heterocycles. The lowest BCUT2D eigenvalue weighted by Crippen LogP contribution is -2.34. The van der Waals surface area contributed by atoms with E-state index in [-0.39, 0.29) is 11.0 Å². The van der Waals surface area contributed by atoms with Crippen LogP contribution in [0.1, 0.15) is 29.6 Å². The van der Waals surface area contributed by atoms with Gasteiger partial charge in [0.15, 0.2) is 5.11 Å². The highest BCUT2D eigenvalue weighted by molar-refractivity contribution is 7.80. The van der Waals surface area contributed by atoms with Crippen molar-refractivity contribution in [3.05, 3.63) is 58.1 Å². The summed E-state index contributed by atoms with van der Waals surface area (Å²) in [6.07, 6.45) is 3.65. The SMILES string of the molecule is O=C(NC(=S)Nc1ccc(N2CCCCC2)c(Cl)c1)c1ccccc1Cl. The minimum Gasteiger partial charge on any atom is -0.370 e. The van der Waals surface area contributed by atoms with Gasteiger partial charge >= 0.3 is 0 Å². The van der Waals surface area contributed by atoms with E-state index in [1.165, 1.54) is 19.3 Å². The number of hydrogen-bond acceptors (Lipinski definition) is 3. The van der Waals surface area contributed by atoms with Crippen molar-refractivity contribution in [2.24, 2.45) is 0 Å². The summed E-state index contributed by atoms with van der Waals surface area (Å²) in [5, 5.41) is 6.84. The van der Waals surface area contributed by atoms with Crippen LogP contribution in [0, 0.1) is 0 Å². The van der Waals surface area contributed by atoms with Crippen LogP contribution in [-0.4, -0.2) is 24.1 Å². The van der Waals surface area contributed by atoms with E-state index in [0.717, 1.165) is 24.5 Å². The van der Waals surface area contributed by atoms with Gasteiger partial charge in [-0.05, 0) is 61.8 Å². The molecule has 0 aliphatic carbocycles. The second-order valence-electron chi connectivity index (χ2n) is 6.10. The maximum atomic E-state index is 12.2. The zero-order valence-electron chi connectivity index (χ0n) is 14.1. The summed E-state index contributed by atoms with van der Waals surface area (Å²) in [5.74, 6) is -0.357. The highest BCUT2D eigenvalue weighted by Crippen LogP contribution is 2.30. The first-order valence-corrected chi connectivity index (χ1v) is 9.62. The minimum atomic E-state index is -0.357. The van der Waals surface area contributed by atoms with Gasteiger partial charge in [0.2, 0.25) is 0 Å². The maximum Gasteiger partial charge on any atom is 0.258 e. The molecule has 2 aromatic rings. The van der Waals surface area contributed by atoms with E-state index in [4.69, 9.17) is 35.4 Å². The van der Waals surface area contributed by atoms with E-state index in [2.05, 4.69) is 15.5 Å². The third kappa shape index (κ3) is 4.67. The fourth-order valence-electron chi connectivity index (χ4n) is 2.95. The van der Waals surface area contributed by atoms with Crippen LogP contribution >= 0.6 is 35.4 Å². The number of thiocarbonyl (C=S) groups is 1. The first kappa shape index (κ1) is 19.0. The van der Waals surface area contributed by atoms with E-state index in [1.807, 2.05) is 18.2 Å². The number of nitrogens with zero attached hydrogens (tertiary/aromatic N) is 1. The molecule has 136 valence electrons. The molecule has 1 saturated heterocycles. The lowest BCUT2D eigenvalue weighted by molar-refractivity contribution is 0.0978. The molecular formula is C19H19Cl2N3OS. The smallest absolute Gasteiger partial charge is 0.258 e. The van der Waals surface area contributed by atoms with Crippen LogP contribution in [0.4, 0.5) is 11.4 Å². The predicted molar refractivity (Wildman–Crippen MR) is 113 cm³/mol. The van der Waals surface area contributed by atoms with Crippen LogP contribution in [0.5, 0.6) is 0 Å². The molecule has 1 amide bonds. The third-order valence-corrected chi connectivity index (χ3v) is 5.08. The number of rotatable bonds is 3. The lowest BCUT2D eigenvalue weighted by atomic mass is 10.1. The molecule has 3 rings (SSSR count). The molecule has 2 aromatic carbocycles. The Bertz CT molecular complexity index is 822. The average Bonchev–Trinajstić information content (AvgIpc) is 2.62. The minimum absolute atomic E-state index is 0.191. The molecule has 0 unspecified atom stereocenters. The van der Waals surface area contributed by atoms with Crippen molar-refractivity contribution in [2.75, 3.05) is 23.3 Å². The van der Waals surface area contributed by atoms with Gasteiger partial charge in [-0.3, -0.25) is 10.1 Å². The van der Waals surface area contributed by atoms with E-state index < -0.39 is 0 Å². The first-order valence-electron chi connectivity index (χ1n) is 8.46. The Kier molecular flexibility index (Phi) is 6.35. The summed E-state index contributed by atoms with van der Waals surface area (Å²) in [7, 11) is 0. The van der Waals surface area contributed by atoms with E-state index in [0.29, 0.717) is 15.6 Å². The highest BCUT2D eigenvalue weighted by atomic mass is 35.5. The molecule has 0 aromatic heterocycles. The number of carbonyl (C=O) groups excluding carboxylic acids is 1. The Morgan fingerprint density at radius 2 is 1.73 bits per heavy atom. The predicted octanol–water partition coefficient (Wildman–Crippen LogP) is 5.11. The van der Waals surface area contributed by atoms with Crippen molar-refractivity contribution in [1.82, 2.24) is 5.32 Å². The number of piperidine rings is 1. The van der Waals surface area contributed by atoms with Crippen LogP contribution in [0.25, 0.3) is 0 Å². The molecule has 0 bridgehead atoms. The van der Waals surface area contributed by atoms with E-state index in [1.54, 1.807) is 24.3 Å². The largest absolute Gasteiger partial charge is 0.370 e. The van der Waals surface area contributed by atoms with E-state index in [9.17, 15) is 4.79 Å². The van der Waals surface area contributed by atoms with Gasteiger partial charge in [-0.2, -0.15) is 0 Å². The van der Waals surface area contributed by atoms with Crippen LogP contribution in [0.2, 0.25) is 10.0 Å². The summed E-state index contributed by atoms with van der Waals surface area (Å²) in [4.78, 5) is 14.5. The second kappa shape index (κ2) is 8.71. The molecular weight excluding hydrogens is 389 g/mol. The molecule has 1 fully saturated rings. The quantitative estimate of drug-likeness (QED) is 0.693. The Morgan fingerprint density at radius 3 is 2.42 bits per heavy atom. The van der Waals surface area contributed by atoms with Crippen LogP contribution in [0.15, 0.2) is 42.5 Å². The summed E-state index contributed by atoms with van der Waals surface area (Å²) in [5.41, 5.74) is 2.12. The zero-order chi connectivity index (χ0) is 18.5. The van der Waals surface area contributed by atoms with Crippen LogP contribution in [-0.2, 0) is 0 Å². The van der Waals surface area contributed by atoms with Gasteiger partial charge in [0.05, 0.1) is 21.3 Å². The highest BCUT2D eigenvalue weighted by Gasteiger charge is 2.15. The zero-order valence-corrected chi connectivity index (χ0v) is 16.4. The van der Waals surface area contributed by atoms with Crippen LogP contribution in [0.3, 0.4) is 0 Å². The molecule has 0 saturated carbocycles. The Balaban J connectivity index is 1.63. The molecule has 0 atom stereocenters. The summed E-state index contributed by atoms with van der Waals surface area (Å²) >= 11 is 17.7. The van der Waals surface area contributed by atoms with Crippen molar-refractivity contribution in [1.29, 1.82) is 0 Å². The van der Waals surface area contributed by atoms with Gasteiger partial charge < -0.3 is 10.2 Å². The van der Waals surface area contributed by atoms with Gasteiger partial charge in [-0.25, -0.2) is 0 Å². The fourth-order valence-corrected chi connectivity index (χ4v) is 3.69. The van der Waals surface area contributed by atoms with E-state index >= 15 is 0 Å². The lowest BCUT2D eigenvalue weighted by Gasteiger charge is -2.29. The average molecular weight is 408 g/mol. The van der Waals surface area contributed by atoms with Crippen LogP contribution < -0.4 is 15.5 Å². The summed E-state index contributed by atoms with van der Waals surface area (Å²) in [6, 6.07) is 12.5. The van der Waals surface area contributed by atoms with Gasteiger partial charge in [0.25, 0.3) is 5.91 Å². The molecule has 2 N–H and O–H groups in total. The number of halogens is 2. The number of hydrogen-bond donors (Lipinski definition) is 2. The topological polar surface area (TPSA) is 44.4 Å². The monoisotopic (exact) mass is 407 g/mol. The van der Waals surface area contributed by atoms with Crippen molar-refractivity contribution in [3.63, 3.8) is 0 Å². The number of amides is 1. The molecule has 7 heteroatoms. The number of nitrogens with one attached hydrogen (secondary N) is 2. The number of anilines is 2. The molecule has 0 radical (unpaired) electrons. The summed E-state index contributed by atoms with van der Waals surface area (Å²) in [6.45, 7) is 2.05. The molecule has 26 heavy (non-hydrogen) atoms. The van der Waals surface area contributed by atoms with Gasteiger partial charge in [-0.15, -0.1) is 0 Å². The summed E-state index contributed by atoms with van der Waals surface area (Å²) < 4.78 is 0. The van der Waals surface area contributed by atoms with Gasteiger partial charge in [0, 0.05) is 18.8 Å². The number of carbonyl (C=O) groups is 1. The first-order chi connectivity index (χ1) is 12.5. The molecule has 4 nitrogen and oxygen atoms in total. The Morgan fingerprint density at radius 1 is 1.00 bits per heavy atom. The number of benzene rings is 2. The Labute approximate surface area is 168 Å². The second-order valence-corrected chi connectivity index (χ2v) is 7.32. The fraction of sp³-hybridized carbons (Fsp3) is 0.263. The maximum absolute atomic E-state index is 12.2. The van der Waals surface area contributed by atoms with Crippen molar-refractivity contribution in [2.45, 2.75) is 19.3 Å². The van der Waals surface area contributed by atoms with Crippen molar-refractivity contribution < 1.29 is 4.79 Å². The van der Waals surface area contributed by atoms with Crippen molar-refractivity contribution in [3.8, 4) is 0 Å². The molecule has 0 spiro atoms. The molecule has 1 aliphatic rings. The Hall–Kier alpha value is -1.82. The third-order valence-electron chi connectivity index (χ3n) is 4.25. The van der Waals surface area contributed by atoms with Gasteiger partial charge in [-0.1, -0.05) is 35.3 Å². The van der Waals surface area contributed by atoms with Crippen molar-refractivity contribution >= 4 is 57.8 Å². The standard InChI is InChI=1S/C19H19Cl2N3OS/c20-15-7-3-2-6-14(15)18(25)23-19(26)22-13-8-9-17(16(21)12-13)24-10-4-1-5-11-24/h2-3,6-9,12H,1,4-5,10-11H2,(H2,22,23,25,26). The van der Waals surface area contributed by atoms with Gasteiger partial charge in [0.1, 0.15) is 0 Å².